The Balaban J connectivity index is 1.47. The first-order chi connectivity index (χ1) is 14.1. The average molecular weight is 391 g/mol. The number of amides is 1. The molecule has 0 fully saturated rings. The lowest BCUT2D eigenvalue weighted by atomic mass is 9.97. The van der Waals surface area contributed by atoms with Crippen molar-refractivity contribution in [3.8, 4) is 11.1 Å². The summed E-state index contributed by atoms with van der Waals surface area (Å²) in [5.41, 5.74) is 3.54. The van der Waals surface area contributed by atoms with Crippen LogP contribution in [0.3, 0.4) is 0 Å². The smallest absolute Gasteiger partial charge is 0.407 e. The van der Waals surface area contributed by atoms with E-state index in [1.807, 2.05) is 78.9 Å². The van der Waals surface area contributed by atoms with Gasteiger partial charge in [-0.25, -0.2) is 4.79 Å². The SMILES string of the molecule is O=C(NCCC(O)C(O)c1cccc(-c2ccccc2)c1)OCc1ccccc1. The number of carbonyl (C=O) groups excluding carboxylic acids is 1. The van der Waals surface area contributed by atoms with Crippen molar-refractivity contribution in [3.63, 3.8) is 0 Å². The fourth-order valence-corrected chi connectivity index (χ4v) is 3.01. The fourth-order valence-electron chi connectivity index (χ4n) is 3.01. The summed E-state index contributed by atoms with van der Waals surface area (Å²) in [6.45, 7) is 0.383. The number of hydrogen-bond acceptors (Lipinski definition) is 4. The van der Waals surface area contributed by atoms with Crippen LogP contribution >= 0.6 is 0 Å². The van der Waals surface area contributed by atoms with Gasteiger partial charge in [0.05, 0.1) is 6.10 Å². The highest BCUT2D eigenvalue weighted by Gasteiger charge is 2.19. The first-order valence-corrected chi connectivity index (χ1v) is 9.59. The first kappa shape index (κ1) is 20.6. The van der Waals surface area contributed by atoms with Crippen LogP contribution in [0.4, 0.5) is 4.79 Å². The number of nitrogens with one attached hydrogen (secondary N) is 1. The van der Waals surface area contributed by atoms with E-state index in [2.05, 4.69) is 5.32 Å². The summed E-state index contributed by atoms with van der Waals surface area (Å²) in [7, 11) is 0. The molecule has 0 radical (unpaired) electrons. The Bertz CT molecular complexity index is 899. The summed E-state index contributed by atoms with van der Waals surface area (Å²) >= 11 is 0. The fraction of sp³-hybridized carbons (Fsp3) is 0.208. The third-order valence-corrected chi connectivity index (χ3v) is 4.62. The molecule has 3 aromatic carbocycles. The largest absolute Gasteiger partial charge is 0.445 e. The van der Waals surface area contributed by atoms with Gasteiger partial charge in [0.15, 0.2) is 0 Å². The number of carbonyl (C=O) groups is 1. The third-order valence-electron chi connectivity index (χ3n) is 4.62. The quantitative estimate of drug-likeness (QED) is 0.541. The van der Waals surface area contributed by atoms with Gasteiger partial charge in [-0.1, -0.05) is 78.9 Å². The zero-order chi connectivity index (χ0) is 20.5. The van der Waals surface area contributed by atoms with Crippen LogP contribution in [-0.2, 0) is 11.3 Å². The molecule has 3 rings (SSSR count). The van der Waals surface area contributed by atoms with Crippen molar-refractivity contribution in [2.75, 3.05) is 6.54 Å². The van der Waals surface area contributed by atoms with Crippen molar-refractivity contribution in [1.82, 2.24) is 5.32 Å². The van der Waals surface area contributed by atoms with Gasteiger partial charge < -0.3 is 20.3 Å². The molecule has 0 saturated heterocycles. The summed E-state index contributed by atoms with van der Waals surface area (Å²) in [6, 6.07) is 26.7. The number of hydrogen-bond donors (Lipinski definition) is 3. The van der Waals surface area contributed by atoms with Crippen LogP contribution < -0.4 is 5.32 Å². The summed E-state index contributed by atoms with van der Waals surface area (Å²) < 4.78 is 5.13. The summed E-state index contributed by atoms with van der Waals surface area (Å²) in [5.74, 6) is 0. The Morgan fingerprint density at radius 2 is 1.52 bits per heavy atom. The molecule has 0 aliphatic carbocycles. The van der Waals surface area contributed by atoms with Crippen LogP contribution in [0.15, 0.2) is 84.9 Å². The molecule has 0 bridgehead atoms. The highest BCUT2D eigenvalue weighted by molar-refractivity contribution is 5.67. The molecule has 0 heterocycles. The average Bonchev–Trinajstić information content (AvgIpc) is 2.78. The standard InChI is InChI=1S/C24H25NO4/c26-22(14-15-25-24(28)29-17-18-8-3-1-4-9-18)23(27)21-13-7-12-20(16-21)19-10-5-2-6-11-19/h1-13,16,22-23,26-27H,14-15,17H2,(H,25,28). The van der Waals surface area contributed by atoms with E-state index in [1.54, 1.807) is 6.07 Å². The second-order valence-electron chi connectivity index (χ2n) is 6.78. The second kappa shape index (κ2) is 10.4. The molecule has 0 spiro atoms. The van der Waals surface area contributed by atoms with Crippen molar-refractivity contribution in [2.45, 2.75) is 25.2 Å². The van der Waals surface area contributed by atoms with E-state index < -0.39 is 18.3 Å². The molecule has 29 heavy (non-hydrogen) atoms. The zero-order valence-electron chi connectivity index (χ0n) is 16.1. The van der Waals surface area contributed by atoms with Gasteiger partial charge in [-0.05, 0) is 34.7 Å². The molecule has 5 heteroatoms. The van der Waals surface area contributed by atoms with E-state index in [4.69, 9.17) is 4.74 Å². The van der Waals surface area contributed by atoms with E-state index >= 15 is 0 Å². The normalized spacial score (nSPS) is 12.8. The number of aliphatic hydroxyl groups is 2. The minimum Gasteiger partial charge on any atom is -0.445 e. The van der Waals surface area contributed by atoms with Crippen molar-refractivity contribution in [3.05, 3.63) is 96.1 Å². The van der Waals surface area contributed by atoms with E-state index in [1.165, 1.54) is 0 Å². The summed E-state index contributed by atoms with van der Waals surface area (Å²) in [4.78, 5) is 11.8. The molecule has 2 atom stereocenters. The van der Waals surface area contributed by atoms with Crippen molar-refractivity contribution in [1.29, 1.82) is 0 Å². The molecule has 0 aromatic heterocycles. The van der Waals surface area contributed by atoms with E-state index in [-0.39, 0.29) is 19.6 Å². The minimum absolute atomic E-state index is 0.185. The monoisotopic (exact) mass is 391 g/mol. The van der Waals surface area contributed by atoms with Gasteiger partial charge in [-0.3, -0.25) is 0 Å². The van der Waals surface area contributed by atoms with Gasteiger partial charge in [0.25, 0.3) is 0 Å². The molecule has 3 N–H and O–H groups in total. The molecule has 1 amide bonds. The van der Waals surface area contributed by atoms with Gasteiger partial charge in [0.2, 0.25) is 0 Å². The lowest BCUT2D eigenvalue weighted by molar-refractivity contribution is 0.0136. The maximum Gasteiger partial charge on any atom is 0.407 e. The number of rotatable bonds is 8. The summed E-state index contributed by atoms with van der Waals surface area (Å²) in [6.07, 6.45) is -2.39. The Labute approximate surface area is 170 Å². The topological polar surface area (TPSA) is 78.8 Å². The molecule has 0 aliphatic rings. The first-order valence-electron chi connectivity index (χ1n) is 9.59. The van der Waals surface area contributed by atoms with Gasteiger partial charge >= 0.3 is 6.09 Å². The van der Waals surface area contributed by atoms with Crippen LogP contribution in [-0.4, -0.2) is 29.0 Å². The summed E-state index contributed by atoms with van der Waals surface area (Å²) in [5, 5.41) is 23.4. The molecular weight excluding hydrogens is 366 g/mol. The highest BCUT2D eigenvalue weighted by atomic mass is 16.5. The number of alkyl carbamates (subject to hydrolysis) is 1. The van der Waals surface area contributed by atoms with Gasteiger partial charge in [0.1, 0.15) is 12.7 Å². The van der Waals surface area contributed by atoms with E-state index in [0.29, 0.717) is 5.56 Å². The van der Waals surface area contributed by atoms with Gasteiger partial charge in [-0.2, -0.15) is 0 Å². The lowest BCUT2D eigenvalue weighted by Gasteiger charge is -2.19. The Morgan fingerprint density at radius 3 is 2.24 bits per heavy atom. The highest BCUT2D eigenvalue weighted by Crippen LogP contribution is 2.25. The maximum absolute atomic E-state index is 11.8. The van der Waals surface area contributed by atoms with Crippen molar-refractivity contribution in [2.24, 2.45) is 0 Å². The number of ether oxygens (including phenoxy) is 1. The molecular formula is C24H25NO4. The zero-order valence-corrected chi connectivity index (χ0v) is 16.1. The molecule has 0 aliphatic heterocycles. The van der Waals surface area contributed by atoms with E-state index in [0.717, 1.165) is 16.7 Å². The predicted octanol–water partition coefficient (Wildman–Crippen LogP) is 4.06. The van der Waals surface area contributed by atoms with Gasteiger partial charge in [-0.15, -0.1) is 0 Å². The molecule has 0 saturated carbocycles. The minimum atomic E-state index is -1.04. The predicted molar refractivity (Wildman–Crippen MR) is 112 cm³/mol. The number of aliphatic hydroxyl groups excluding tert-OH is 2. The van der Waals surface area contributed by atoms with Crippen molar-refractivity contribution < 1.29 is 19.7 Å². The Morgan fingerprint density at radius 1 is 0.862 bits per heavy atom. The van der Waals surface area contributed by atoms with Crippen LogP contribution in [0.5, 0.6) is 0 Å². The second-order valence-corrected chi connectivity index (χ2v) is 6.78. The Hall–Kier alpha value is -3.15. The Kier molecular flexibility index (Phi) is 7.39. The third kappa shape index (κ3) is 6.17. The van der Waals surface area contributed by atoms with Crippen molar-refractivity contribution >= 4 is 6.09 Å². The molecule has 3 aromatic rings. The van der Waals surface area contributed by atoms with E-state index in [9.17, 15) is 15.0 Å². The molecule has 2 unspecified atom stereocenters. The van der Waals surface area contributed by atoms with Crippen LogP contribution in [0.25, 0.3) is 11.1 Å². The lowest BCUT2D eigenvalue weighted by Crippen LogP contribution is -2.29. The molecule has 5 nitrogen and oxygen atoms in total. The van der Waals surface area contributed by atoms with Crippen LogP contribution in [0.1, 0.15) is 23.7 Å². The van der Waals surface area contributed by atoms with Gasteiger partial charge in [0, 0.05) is 6.54 Å². The molecule has 150 valence electrons. The number of benzene rings is 3. The van der Waals surface area contributed by atoms with Crippen LogP contribution in [0.2, 0.25) is 0 Å². The maximum atomic E-state index is 11.8. The van der Waals surface area contributed by atoms with Crippen LogP contribution in [0, 0.1) is 0 Å².